The van der Waals surface area contributed by atoms with Gasteiger partial charge in [0.2, 0.25) is 0 Å². The van der Waals surface area contributed by atoms with Gasteiger partial charge in [0.1, 0.15) is 6.17 Å². The fourth-order valence-electron chi connectivity index (χ4n) is 9.24. The van der Waals surface area contributed by atoms with Gasteiger partial charge in [-0.1, -0.05) is 37.5 Å². The number of fused-ring (bicyclic) bond motifs is 4. The van der Waals surface area contributed by atoms with E-state index in [1.165, 1.54) is 18.4 Å². The molecule has 2 saturated carbocycles. The van der Waals surface area contributed by atoms with Crippen LogP contribution in [0.3, 0.4) is 0 Å². The van der Waals surface area contributed by atoms with Crippen LogP contribution >= 0.6 is 0 Å². The third-order valence-electron chi connectivity index (χ3n) is 11.2. The summed E-state index contributed by atoms with van der Waals surface area (Å²) in [7, 11) is 0. The number of hydrogen-bond acceptors (Lipinski definition) is 3. The van der Waals surface area contributed by atoms with E-state index in [2.05, 4.69) is 35.1 Å². The van der Waals surface area contributed by atoms with Crippen LogP contribution < -0.4 is 4.90 Å². The van der Waals surface area contributed by atoms with Gasteiger partial charge in [-0.25, -0.2) is 4.39 Å². The summed E-state index contributed by atoms with van der Waals surface area (Å²) >= 11 is 0. The predicted molar refractivity (Wildman–Crippen MR) is 155 cm³/mol. The molecule has 0 aromatic heterocycles. The number of carbonyl (C=O) groups is 2. The number of rotatable bonds is 4. The van der Waals surface area contributed by atoms with Crippen LogP contribution in [-0.4, -0.2) is 37.0 Å². The second-order valence-electron chi connectivity index (χ2n) is 13.2. The monoisotopic (exact) mass is 581 g/mol. The Morgan fingerprint density at radius 3 is 2.48 bits per heavy atom. The lowest BCUT2D eigenvalue weighted by molar-refractivity contribution is -0.132. The van der Waals surface area contributed by atoms with E-state index in [1.54, 1.807) is 6.92 Å². The minimum absolute atomic E-state index is 0.0608. The van der Waals surface area contributed by atoms with Gasteiger partial charge in [-0.2, -0.15) is 13.2 Å². The molecule has 2 unspecified atom stereocenters. The molecule has 224 valence electrons. The molecular weight excluding hydrogens is 542 g/mol. The topological polar surface area (TPSA) is 37.4 Å². The van der Waals surface area contributed by atoms with Crippen LogP contribution in [-0.2, 0) is 9.59 Å². The Kier molecular flexibility index (Phi) is 7.43. The van der Waals surface area contributed by atoms with Crippen molar-refractivity contribution >= 4 is 17.3 Å². The number of hydrogen-bond donors (Lipinski definition) is 0. The number of alkyl halides is 4. The molecule has 0 bridgehead atoms. The largest absolute Gasteiger partial charge is 0.457 e. The van der Waals surface area contributed by atoms with E-state index in [-0.39, 0.29) is 48.6 Å². The van der Waals surface area contributed by atoms with Gasteiger partial charge in [-0.3, -0.25) is 9.59 Å². The molecule has 3 fully saturated rings. The standard InChI is InChI=1S/C35H39F4NO2/c1-3-31(42)34(15-16-35(37,38)39)14-13-29-27-20-30(36)26-19-24(41)11-12-25(26)32(27)28(21-33(29,34)2)22-7-9-23(10-8-22)40-17-5-4-6-18-40/h7-10,19,27-30H,3-6,11-14,17-18,20-21H2,1-2H3/t27-,28?,29-,30?,33-,34-/m0/s1. The number of allylic oxidation sites excluding steroid dienone is 4. The second-order valence-corrected chi connectivity index (χ2v) is 13.2. The maximum absolute atomic E-state index is 15.9. The number of nitrogens with zero attached hydrogens (tertiary/aromatic N) is 1. The molecule has 1 aliphatic heterocycles. The highest BCUT2D eigenvalue weighted by Crippen LogP contribution is 2.70. The number of halogens is 4. The Bertz CT molecular complexity index is 1390. The summed E-state index contributed by atoms with van der Waals surface area (Å²) in [5.74, 6) is 3.13. The molecule has 5 aliphatic rings. The van der Waals surface area contributed by atoms with Crippen molar-refractivity contribution in [3.05, 3.63) is 52.6 Å². The van der Waals surface area contributed by atoms with Gasteiger partial charge < -0.3 is 4.90 Å². The fraction of sp³-hybridized carbons (Fsp3) is 0.600. The molecule has 1 aromatic carbocycles. The first-order chi connectivity index (χ1) is 20.0. The van der Waals surface area contributed by atoms with Crippen LogP contribution in [0, 0.1) is 34.5 Å². The molecule has 42 heavy (non-hydrogen) atoms. The van der Waals surface area contributed by atoms with Gasteiger partial charge in [0.15, 0.2) is 11.6 Å². The van der Waals surface area contributed by atoms with E-state index in [4.69, 9.17) is 0 Å². The minimum atomic E-state index is -4.70. The summed E-state index contributed by atoms with van der Waals surface area (Å²) in [4.78, 5) is 28.4. The van der Waals surface area contributed by atoms with Crippen molar-refractivity contribution in [1.82, 2.24) is 0 Å². The quantitative estimate of drug-likeness (QED) is 0.267. The van der Waals surface area contributed by atoms with Crippen LogP contribution in [0.1, 0.15) is 89.5 Å². The molecular formula is C35H39F4NO2. The SMILES string of the molecule is CCC(=O)[C@@]1(C#CC(F)(F)F)CC[C@H]2[C@@H]3CC(F)C4=CC(=O)CCC4=C3C(c3ccc(N4CCCCC4)cc3)C[C@@]21C. The third kappa shape index (κ3) is 4.74. The van der Waals surface area contributed by atoms with Crippen LogP contribution in [0.5, 0.6) is 0 Å². The maximum atomic E-state index is 15.9. The Hall–Kier alpha value is -2.88. The molecule has 7 heteroatoms. The summed E-state index contributed by atoms with van der Waals surface area (Å²) < 4.78 is 56.3. The van der Waals surface area contributed by atoms with Crippen LogP contribution in [0.15, 0.2) is 47.1 Å². The summed E-state index contributed by atoms with van der Waals surface area (Å²) in [5.41, 5.74) is 2.44. The summed E-state index contributed by atoms with van der Waals surface area (Å²) in [6, 6.07) is 8.47. The van der Waals surface area contributed by atoms with Gasteiger partial charge in [0.25, 0.3) is 0 Å². The summed E-state index contributed by atoms with van der Waals surface area (Å²) in [5, 5.41) is 0. The Balaban J connectivity index is 1.50. The van der Waals surface area contributed by atoms with Crippen molar-refractivity contribution in [3.63, 3.8) is 0 Å². The van der Waals surface area contributed by atoms with Gasteiger partial charge in [0.05, 0.1) is 5.41 Å². The average molecular weight is 582 g/mol. The molecule has 6 rings (SSSR count). The van der Waals surface area contributed by atoms with Crippen molar-refractivity contribution < 1.29 is 27.2 Å². The smallest absolute Gasteiger partial charge is 0.372 e. The normalized spacial score (nSPS) is 34.6. The number of carbonyl (C=O) groups excluding carboxylic acids is 2. The number of anilines is 1. The molecule has 4 aliphatic carbocycles. The van der Waals surface area contributed by atoms with E-state index in [1.807, 2.05) is 6.92 Å². The zero-order valence-electron chi connectivity index (χ0n) is 24.5. The van der Waals surface area contributed by atoms with E-state index in [0.29, 0.717) is 31.3 Å². The Morgan fingerprint density at radius 2 is 1.81 bits per heavy atom. The number of benzene rings is 1. The zero-order valence-corrected chi connectivity index (χ0v) is 24.5. The molecule has 1 saturated heterocycles. The fourth-order valence-corrected chi connectivity index (χ4v) is 9.24. The highest BCUT2D eigenvalue weighted by Gasteiger charge is 2.65. The molecule has 6 atom stereocenters. The van der Waals surface area contributed by atoms with Gasteiger partial charge in [0, 0.05) is 43.5 Å². The first-order valence-electron chi connectivity index (χ1n) is 15.6. The molecule has 0 amide bonds. The lowest BCUT2D eigenvalue weighted by Gasteiger charge is -2.55. The van der Waals surface area contributed by atoms with Gasteiger partial charge in [-0.05, 0) is 104 Å². The molecule has 1 aromatic rings. The highest BCUT2D eigenvalue weighted by atomic mass is 19.4. The van der Waals surface area contributed by atoms with Crippen molar-refractivity contribution in [2.45, 2.75) is 96.3 Å². The molecule has 0 spiro atoms. The van der Waals surface area contributed by atoms with E-state index >= 15 is 4.39 Å². The predicted octanol–water partition coefficient (Wildman–Crippen LogP) is 8.06. The number of Topliss-reactive ketones (excluding diaryl/α,β-unsaturated/α-hetero) is 1. The van der Waals surface area contributed by atoms with Gasteiger partial charge >= 0.3 is 6.18 Å². The lowest BCUT2D eigenvalue weighted by Crippen LogP contribution is -2.51. The lowest BCUT2D eigenvalue weighted by atomic mass is 9.48. The average Bonchev–Trinajstić information content (AvgIpc) is 3.28. The maximum Gasteiger partial charge on any atom is 0.457 e. The third-order valence-corrected chi connectivity index (χ3v) is 11.2. The van der Waals surface area contributed by atoms with E-state index < -0.39 is 23.2 Å². The van der Waals surface area contributed by atoms with Crippen LogP contribution in [0.4, 0.5) is 23.2 Å². The number of ketones is 2. The molecule has 0 N–H and O–H groups in total. The number of piperidine rings is 1. The summed E-state index contributed by atoms with van der Waals surface area (Å²) in [6.07, 6.45) is 1.37. The van der Waals surface area contributed by atoms with Crippen LogP contribution in [0.2, 0.25) is 0 Å². The Morgan fingerprint density at radius 1 is 1.10 bits per heavy atom. The Labute approximate surface area is 245 Å². The van der Waals surface area contributed by atoms with Crippen molar-refractivity contribution in [3.8, 4) is 11.8 Å². The van der Waals surface area contributed by atoms with E-state index in [0.717, 1.165) is 48.3 Å². The first-order valence-corrected chi connectivity index (χ1v) is 15.6. The van der Waals surface area contributed by atoms with Crippen molar-refractivity contribution in [2.24, 2.45) is 22.7 Å². The second kappa shape index (κ2) is 10.7. The minimum Gasteiger partial charge on any atom is -0.372 e. The first kappa shape index (κ1) is 29.2. The van der Waals surface area contributed by atoms with Crippen molar-refractivity contribution in [1.29, 1.82) is 0 Å². The summed E-state index contributed by atoms with van der Waals surface area (Å²) in [6.45, 7) is 5.67. The van der Waals surface area contributed by atoms with Crippen LogP contribution in [0.25, 0.3) is 0 Å². The van der Waals surface area contributed by atoms with Gasteiger partial charge in [-0.15, -0.1) is 0 Å². The highest BCUT2D eigenvalue weighted by molar-refractivity contribution is 5.93. The molecule has 1 heterocycles. The molecule has 3 nitrogen and oxygen atoms in total. The molecule has 0 radical (unpaired) electrons. The zero-order chi connectivity index (χ0) is 29.9. The van der Waals surface area contributed by atoms with Crippen molar-refractivity contribution in [2.75, 3.05) is 18.0 Å². The van der Waals surface area contributed by atoms with E-state index in [9.17, 15) is 22.8 Å².